The van der Waals surface area contributed by atoms with E-state index in [-0.39, 0.29) is 0 Å². The van der Waals surface area contributed by atoms with Gasteiger partial charge in [-0.2, -0.15) is 0 Å². The van der Waals surface area contributed by atoms with E-state index in [4.69, 9.17) is 0 Å². The molecule has 1 aliphatic heterocycles. The van der Waals surface area contributed by atoms with Gasteiger partial charge in [0.1, 0.15) is 0 Å². The topological polar surface area (TPSA) is 15.3 Å². The molecule has 0 amide bonds. The van der Waals surface area contributed by atoms with Crippen LogP contribution in [0.4, 0.5) is 0 Å². The maximum atomic E-state index is 3.97. The van der Waals surface area contributed by atoms with Crippen LogP contribution in [-0.2, 0) is 0 Å². The van der Waals surface area contributed by atoms with E-state index in [1.165, 1.54) is 129 Å². The van der Waals surface area contributed by atoms with Crippen LogP contribution in [-0.4, -0.2) is 37.1 Å². The van der Waals surface area contributed by atoms with Crippen molar-refractivity contribution in [1.29, 1.82) is 0 Å². The van der Waals surface area contributed by atoms with Gasteiger partial charge in [-0.05, 0) is 121 Å². The molecular weight excluding hydrogens is 352 g/mol. The van der Waals surface area contributed by atoms with Crippen LogP contribution in [0.1, 0.15) is 103 Å². The largest absolute Gasteiger partial charge is 0.314 e. The van der Waals surface area contributed by atoms with E-state index in [0.717, 1.165) is 17.9 Å². The molecule has 0 spiro atoms. The van der Waals surface area contributed by atoms with Gasteiger partial charge in [-0.1, -0.05) is 43.6 Å². The van der Waals surface area contributed by atoms with Crippen LogP contribution >= 0.6 is 0 Å². The lowest BCUT2D eigenvalue weighted by molar-refractivity contribution is 0.224. The summed E-state index contributed by atoms with van der Waals surface area (Å²) < 4.78 is 0. The molecule has 0 bridgehead atoms. The normalized spacial score (nSPS) is 26.6. The van der Waals surface area contributed by atoms with E-state index in [1.54, 1.807) is 0 Å². The first-order chi connectivity index (χ1) is 14.4. The van der Waals surface area contributed by atoms with Crippen molar-refractivity contribution in [3.63, 3.8) is 0 Å². The monoisotopic (exact) mass is 400 g/mol. The SMILES string of the molecule is C1=CC(CCCC(CCCC2C=CCCC2)NCCCN2CCCCC2)CCC1. The summed E-state index contributed by atoms with van der Waals surface area (Å²) in [5, 5.41) is 3.97. The second kappa shape index (κ2) is 14.4. The van der Waals surface area contributed by atoms with Gasteiger partial charge in [0.2, 0.25) is 0 Å². The minimum atomic E-state index is 0.747. The number of nitrogens with one attached hydrogen (secondary N) is 1. The predicted molar refractivity (Wildman–Crippen MR) is 127 cm³/mol. The van der Waals surface area contributed by atoms with Crippen molar-refractivity contribution in [2.24, 2.45) is 11.8 Å². The summed E-state index contributed by atoms with van der Waals surface area (Å²) in [5.74, 6) is 1.74. The van der Waals surface area contributed by atoms with Crippen LogP contribution in [0.5, 0.6) is 0 Å². The lowest BCUT2D eigenvalue weighted by atomic mass is 9.88. The zero-order chi connectivity index (χ0) is 20.0. The fourth-order valence-electron chi connectivity index (χ4n) is 5.64. The fourth-order valence-corrected chi connectivity index (χ4v) is 5.64. The summed E-state index contributed by atoms with van der Waals surface area (Å²) in [6, 6.07) is 0.747. The zero-order valence-electron chi connectivity index (χ0n) is 19.1. The molecule has 29 heavy (non-hydrogen) atoms. The molecule has 1 heterocycles. The van der Waals surface area contributed by atoms with E-state index in [0.29, 0.717) is 0 Å². The number of piperidine rings is 1. The van der Waals surface area contributed by atoms with Gasteiger partial charge in [0.25, 0.3) is 0 Å². The van der Waals surface area contributed by atoms with Crippen LogP contribution in [0.15, 0.2) is 24.3 Å². The second-order valence-corrected chi connectivity index (χ2v) is 10.0. The fraction of sp³-hybridized carbons (Fsp3) is 0.852. The van der Waals surface area contributed by atoms with E-state index < -0.39 is 0 Å². The molecule has 2 heteroatoms. The molecule has 0 radical (unpaired) electrons. The van der Waals surface area contributed by atoms with Gasteiger partial charge in [-0.25, -0.2) is 0 Å². The maximum absolute atomic E-state index is 3.97. The average Bonchev–Trinajstić information content (AvgIpc) is 2.78. The first kappa shape index (κ1) is 23.1. The van der Waals surface area contributed by atoms with Gasteiger partial charge >= 0.3 is 0 Å². The molecule has 2 unspecified atom stereocenters. The molecule has 3 aliphatic rings. The summed E-state index contributed by atoms with van der Waals surface area (Å²) in [6.07, 6.45) is 32.2. The Labute approximate surface area is 181 Å². The third-order valence-electron chi connectivity index (χ3n) is 7.50. The van der Waals surface area contributed by atoms with Crippen molar-refractivity contribution in [2.75, 3.05) is 26.2 Å². The lowest BCUT2D eigenvalue weighted by Crippen LogP contribution is -2.35. The van der Waals surface area contributed by atoms with Crippen LogP contribution in [0, 0.1) is 11.8 Å². The summed E-state index contributed by atoms with van der Waals surface area (Å²) in [4.78, 5) is 2.69. The highest BCUT2D eigenvalue weighted by Crippen LogP contribution is 2.25. The molecular formula is C27H48N2. The molecule has 1 N–H and O–H groups in total. The Morgan fingerprint density at radius 3 is 1.93 bits per heavy atom. The maximum Gasteiger partial charge on any atom is 0.00670 e. The van der Waals surface area contributed by atoms with Crippen molar-refractivity contribution in [3.8, 4) is 0 Å². The molecule has 3 rings (SSSR count). The Morgan fingerprint density at radius 2 is 1.38 bits per heavy atom. The Bertz CT molecular complexity index is 433. The van der Waals surface area contributed by atoms with Crippen molar-refractivity contribution >= 4 is 0 Å². The number of likely N-dealkylation sites (tertiary alicyclic amines) is 1. The van der Waals surface area contributed by atoms with E-state index in [9.17, 15) is 0 Å². The first-order valence-electron chi connectivity index (χ1n) is 13.2. The Morgan fingerprint density at radius 1 is 0.759 bits per heavy atom. The lowest BCUT2D eigenvalue weighted by Gasteiger charge is -2.27. The first-order valence-corrected chi connectivity index (χ1v) is 13.2. The zero-order valence-corrected chi connectivity index (χ0v) is 19.1. The highest BCUT2D eigenvalue weighted by Gasteiger charge is 2.14. The van der Waals surface area contributed by atoms with Crippen molar-refractivity contribution in [3.05, 3.63) is 24.3 Å². The second-order valence-electron chi connectivity index (χ2n) is 10.0. The minimum absolute atomic E-state index is 0.747. The predicted octanol–water partition coefficient (Wildman–Crippen LogP) is 6.87. The number of allylic oxidation sites excluding steroid dienone is 4. The van der Waals surface area contributed by atoms with Gasteiger partial charge in [0, 0.05) is 6.04 Å². The van der Waals surface area contributed by atoms with Crippen LogP contribution < -0.4 is 5.32 Å². The Kier molecular flexibility index (Phi) is 11.5. The minimum Gasteiger partial charge on any atom is -0.314 e. The molecule has 1 fully saturated rings. The number of rotatable bonds is 13. The number of nitrogens with zero attached hydrogens (tertiary/aromatic N) is 1. The highest BCUT2D eigenvalue weighted by atomic mass is 15.1. The van der Waals surface area contributed by atoms with Crippen LogP contribution in [0.2, 0.25) is 0 Å². The van der Waals surface area contributed by atoms with Gasteiger partial charge in [-0.15, -0.1) is 0 Å². The molecule has 2 atom stereocenters. The molecule has 0 aromatic carbocycles. The number of hydrogen-bond acceptors (Lipinski definition) is 2. The molecule has 2 nitrogen and oxygen atoms in total. The average molecular weight is 401 g/mol. The smallest absolute Gasteiger partial charge is 0.00670 e. The molecule has 0 aromatic heterocycles. The molecule has 2 aliphatic carbocycles. The summed E-state index contributed by atoms with van der Waals surface area (Å²) in [6.45, 7) is 5.20. The van der Waals surface area contributed by atoms with E-state index >= 15 is 0 Å². The standard InChI is InChI=1S/C27H48N2/c1-4-13-25(14-5-1)17-10-19-27(20-11-18-26-15-6-2-7-16-26)28-21-12-24-29-22-8-3-9-23-29/h4,6,13,15,25-28H,1-3,5,7-12,14,16-24H2. The van der Waals surface area contributed by atoms with E-state index in [2.05, 4.69) is 34.5 Å². The molecule has 0 aromatic rings. The third-order valence-corrected chi connectivity index (χ3v) is 7.50. The summed E-state index contributed by atoms with van der Waals surface area (Å²) in [7, 11) is 0. The van der Waals surface area contributed by atoms with Crippen molar-refractivity contribution < 1.29 is 0 Å². The van der Waals surface area contributed by atoms with Crippen LogP contribution in [0.25, 0.3) is 0 Å². The van der Waals surface area contributed by atoms with Crippen molar-refractivity contribution in [1.82, 2.24) is 10.2 Å². The molecule has 1 saturated heterocycles. The Hall–Kier alpha value is -0.600. The number of hydrogen-bond donors (Lipinski definition) is 1. The third kappa shape index (κ3) is 9.83. The highest BCUT2D eigenvalue weighted by molar-refractivity contribution is 4.93. The summed E-state index contributed by atoms with van der Waals surface area (Å²) >= 11 is 0. The van der Waals surface area contributed by atoms with Crippen molar-refractivity contribution in [2.45, 2.75) is 109 Å². The molecule has 0 saturated carbocycles. The van der Waals surface area contributed by atoms with Gasteiger partial charge < -0.3 is 10.2 Å². The molecule has 166 valence electrons. The quantitative estimate of drug-likeness (QED) is 0.268. The Balaban J connectivity index is 1.32. The van der Waals surface area contributed by atoms with Gasteiger partial charge in [-0.3, -0.25) is 0 Å². The van der Waals surface area contributed by atoms with E-state index in [1.807, 2.05) is 0 Å². The van der Waals surface area contributed by atoms with Crippen LogP contribution in [0.3, 0.4) is 0 Å². The van der Waals surface area contributed by atoms with Gasteiger partial charge in [0.05, 0.1) is 0 Å². The summed E-state index contributed by atoms with van der Waals surface area (Å²) in [5.41, 5.74) is 0. The van der Waals surface area contributed by atoms with Gasteiger partial charge in [0.15, 0.2) is 0 Å².